The van der Waals surface area contributed by atoms with Gasteiger partial charge in [-0.3, -0.25) is 0 Å². The highest BCUT2D eigenvalue weighted by Gasteiger charge is 2.15. The first kappa shape index (κ1) is 45.8. The first-order valence-corrected chi connectivity index (χ1v) is 17.3. The summed E-state index contributed by atoms with van der Waals surface area (Å²) in [6.07, 6.45) is 4.43. The van der Waals surface area contributed by atoms with Gasteiger partial charge < -0.3 is 62.2 Å². The molecule has 0 aliphatic heterocycles. The highest BCUT2D eigenvalue weighted by Crippen LogP contribution is 2.06. The third kappa shape index (κ3) is 42.8. The minimum Gasteiger partial charge on any atom is -0.444 e. The predicted molar refractivity (Wildman–Crippen MR) is 177 cm³/mol. The average molecular weight is 686 g/mol. The summed E-state index contributed by atoms with van der Waals surface area (Å²) in [5, 5.41) is 2.63. The Balaban J connectivity index is 3.09. The van der Waals surface area contributed by atoms with Crippen molar-refractivity contribution >= 4 is 6.09 Å². The fraction of sp³-hybridized carbons (Fsp3) is 0.970. The van der Waals surface area contributed by atoms with Crippen LogP contribution in [0.4, 0.5) is 4.79 Å². The minimum absolute atomic E-state index is 0.385. The van der Waals surface area contributed by atoms with Crippen LogP contribution in [0, 0.1) is 0 Å². The van der Waals surface area contributed by atoms with E-state index in [0.29, 0.717) is 145 Å². The van der Waals surface area contributed by atoms with Crippen LogP contribution in [0.5, 0.6) is 0 Å². The number of alkyl carbamates (subject to hydrolysis) is 1. The molecule has 0 aliphatic rings. The van der Waals surface area contributed by atoms with Crippen molar-refractivity contribution in [1.82, 2.24) is 5.32 Å². The molecule has 1 N–H and O–H groups in total. The van der Waals surface area contributed by atoms with Gasteiger partial charge >= 0.3 is 6.09 Å². The second-order valence-electron chi connectivity index (χ2n) is 11.2. The van der Waals surface area contributed by atoms with E-state index in [-0.39, 0.29) is 0 Å². The van der Waals surface area contributed by atoms with E-state index in [9.17, 15) is 4.79 Å². The van der Waals surface area contributed by atoms with Crippen LogP contribution in [0.3, 0.4) is 0 Å². The number of hydrogen-bond donors (Lipinski definition) is 1. The molecule has 0 radical (unpaired) electrons. The number of carbonyl (C=O) groups is 1. The molecule has 14 heteroatoms. The molecule has 1 amide bonds. The third-order valence-electron chi connectivity index (χ3n) is 5.78. The van der Waals surface area contributed by atoms with E-state index in [1.54, 1.807) is 0 Å². The number of ether oxygens (including phenoxy) is 12. The lowest BCUT2D eigenvalue weighted by Gasteiger charge is -2.19. The monoisotopic (exact) mass is 685 g/mol. The molecular formula is C33H67NO13. The van der Waals surface area contributed by atoms with Crippen LogP contribution >= 0.6 is 0 Å². The Labute approximate surface area is 283 Å². The average Bonchev–Trinajstić information content (AvgIpc) is 3.03. The fourth-order valence-electron chi connectivity index (χ4n) is 3.47. The molecule has 0 rings (SSSR count). The summed E-state index contributed by atoms with van der Waals surface area (Å²) < 4.78 is 65.3. The number of amides is 1. The Bertz CT molecular complexity index is 626. The largest absolute Gasteiger partial charge is 0.444 e. The van der Waals surface area contributed by atoms with Gasteiger partial charge in [0.2, 0.25) is 0 Å². The highest BCUT2D eigenvalue weighted by atomic mass is 16.6. The SMILES string of the molecule is CCCCCCOCCOCCOCCOCCOCCOCCOCCOCCOCCOCCOCCNC(=O)OC(C)(C)C. The summed E-state index contributed by atoms with van der Waals surface area (Å²) in [7, 11) is 0. The molecule has 47 heavy (non-hydrogen) atoms. The van der Waals surface area contributed by atoms with Gasteiger partial charge in [-0.25, -0.2) is 4.79 Å². The Morgan fingerprint density at radius 1 is 0.404 bits per heavy atom. The second kappa shape index (κ2) is 37.6. The van der Waals surface area contributed by atoms with E-state index in [4.69, 9.17) is 56.8 Å². The Hall–Kier alpha value is -1.17. The lowest BCUT2D eigenvalue weighted by Crippen LogP contribution is -2.34. The van der Waals surface area contributed by atoms with E-state index in [2.05, 4.69) is 12.2 Å². The first-order chi connectivity index (χ1) is 23.0. The van der Waals surface area contributed by atoms with Crippen molar-refractivity contribution in [3.63, 3.8) is 0 Å². The van der Waals surface area contributed by atoms with Gasteiger partial charge in [0, 0.05) is 13.2 Å². The van der Waals surface area contributed by atoms with E-state index >= 15 is 0 Å². The van der Waals surface area contributed by atoms with Crippen molar-refractivity contribution in [1.29, 1.82) is 0 Å². The van der Waals surface area contributed by atoms with E-state index < -0.39 is 11.7 Å². The van der Waals surface area contributed by atoms with Crippen molar-refractivity contribution in [2.75, 3.05) is 152 Å². The van der Waals surface area contributed by atoms with Crippen LogP contribution in [0.15, 0.2) is 0 Å². The van der Waals surface area contributed by atoms with E-state index in [1.165, 1.54) is 19.3 Å². The van der Waals surface area contributed by atoms with Crippen LogP contribution in [-0.4, -0.2) is 164 Å². The van der Waals surface area contributed by atoms with Crippen molar-refractivity contribution in [2.45, 2.75) is 59.0 Å². The van der Waals surface area contributed by atoms with E-state index in [1.807, 2.05) is 20.8 Å². The zero-order chi connectivity index (χ0) is 34.4. The Morgan fingerprint density at radius 2 is 0.681 bits per heavy atom. The lowest BCUT2D eigenvalue weighted by molar-refractivity contribution is -0.0275. The van der Waals surface area contributed by atoms with Gasteiger partial charge in [-0.15, -0.1) is 0 Å². The normalized spacial score (nSPS) is 11.7. The maximum atomic E-state index is 11.5. The molecule has 0 fully saturated rings. The molecule has 0 aromatic heterocycles. The summed E-state index contributed by atoms with van der Waals surface area (Å²) in [4.78, 5) is 11.5. The summed E-state index contributed by atoms with van der Waals surface area (Å²) in [6, 6.07) is 0. The smallest absolute Gasteiger partial charge is 0.407 e. The highest BCUT2D eigenvalue weighted by molar-refractivity contribution is 5.67. The zero-order valence-electron chi connectivity index (χ0n) is 29.9. The molecule has 0 aliphatic carbocycles. The third-order valence-corrected chi connectivity index (χ3v) is 5.78. The van der Waals surface area contributed by atoms with Crippen LogP contribution in [0.1, 0.15) is 53.4 Å². The molecule has 14 nitrogen and oxygen atoms in total. The molecule has 0 spiro atoms. The minimum atomic E-state index is -0.510. The van der Waals surface area contributed by atoms with Gasteiger partial charge in [-0.1, -0.05) is 26.2 Å². The standard InChI is InChI=1S/C33H67NO13/c1-5-6-7-8-10-36-12-14-38-16-18-40-20-22-42-24-26-44-28-30-46-31-29-45-27-25-43-23-21-41-19-17-39-15-13-37-11-9-34-32(35)47-33(2,3)4/h5-31H2,1-4H3,(H,34,35). The van der Waals surface area contributed by atoms with Crippen molar-refractivity contribution in [3.8, 4) is 0 Å². The number of carbonyl (C=O) groups excluding carboxylic acids is 1. The molecule has 0 bridgehead atoms. The molecule has 0 atom stereocenters. The summed E-state index contributed by atoms with van der Waals surface area (Å²) in [5.41, 5.74) is -0.510. The molecule has 0 saturated heterocycles. The summed E-state index contributed by atoms with van der Waals surface area (Å²) in [6.45, 7) is 19.6. The molecule has 0 aromatic rings. The molecule has 0 aromatic carbocycles. The van der Waals surface area contributed by atoms with Crippen LogP contribution < -0.4 is 5.32 Å². The Kier molecular flexibility index (Phi) is 36.7. The van der Waals surface area contributed by atoms with E-state index in [0.717, 1.165) is 13.0 Å². The molecule has 282 valence electrons. The molecule has 0 saturated carbocycles. The van der Waals surface area contributed by atoms with Crippen molar-refractivity contribution < 1.29 is 61.6 Å². The summed E-state index contributed by atoms with van der Waals surface area (Å²) in [5.74, 6) is 0. The van der Waals surface area contributed by atoms with Gasteiger partial charge in [0.25, 0.3) is 0 Å². The van der Waals surface area contributed by atoms with Gasteiger partial charge in [0.15, 0.2) is 0 Å². The number of hydrogen-bond acceptors (Lipinski definition) is 13. The zero-order valence-corrected chi connectivity index (χ0v) is 29.9. The summed E-state index contributed by atoms with van der Waals surface area (Å²) >= 11 is 0. The van der Waals surface area contributed by atoms with Gasteiger partial charge in [0.1, 0.15) is 5.60 Å². The van der Waals surface area contributed by atoms with Gasteiger partial charge in [-0.05, 0) is 27.2 Å². The molecule has 0 heterocycles. The molecule has 0 unspecified atom stereocenters. The van der Waals surface area contributed by atoms with Crippen LogP contribution in [0.25, 0.3) is 0 Å². The maximum absolute atomic E-state index is 11.5. The second-order valence-corrected chi connectivity index (χ2v) is 11.2. The first-order valence-electron chi connectivity index (χ1n) is 17.3. The predicted octanol–water partition coefficient (Wildman–Crippen LogP) is 3.27. The van der Waals surface area contributed by atoms with Gasteiger partial charge in [0.05, 0.1) is 139 Å². The molecular weight excluding hydrogens is 618 g/mol. The number of nitrogens with one attached hydrogen (secondary N) is 1. The number of unbranched alkanes of at least 4 members (excludes halogenated alkanes) is 3. The quantitative estimate of drug-likeness (QED) is 0.0952. The van der Waals surface area contributed by atoms with Crippen molar-refractivity contribution in [2.24, 2.45) is 0 Å². The lowest BCUT2D eigenvalue weighted by atomic mass is 10.2. The van der Waals surface area contributed by atoms with Crippen molar-refractivity contribution in [3.05, 3.63) is 0 Å². The fourth-order valence-corrected chi connectivity index (χ4v) is 3.47. The number of rotatable bonds is 38. The van der Waals surface area contributed by atoms with Crippen LogP contribution in [-0.2, 0) is 56.8 Å². The van der Waals surface area contributed by atoms with Gasteiger partial charge in [-0.2, -0.15) is 0 Å². The topological polar surface area (TPSA) is 140 Å². The Morgan fingerprint density at radius 3 is 0.957 bits per heavy atom. The van der Waals surface area contributed by atoms with Crippen LogP contribution in [0.2, 0.25) is 0 Å². The maximum Gasteiger partial charge on any atom is 0.407 e.